The lowest BCUT2D eigenvalue weighted by Crippen LogP contribution is -2.34. The number of carbonyl (C=O) groups is 1. The molecule has 0 aliphatic carbocycles. The normalized spacial score (nSPS) is 19.3. The molecule has 2 unspecified atom stereocenters. The number of carbonyl (C=O) groups excluding carboxylic acids is 1. The number of hydrogen-bond donors (Lipinski definition) is 0. The van der Waals surface area contributed by atoms with E-state index >= 15 is 0 Å². The van der Waals surface area contributed by atoms with Gasteiger partial charge in [-0.05, 0) is 25.0 Å². The number of esters is 1. The van der Waals surface area contributed by atoms with Crippen LogP contribution in [0.25, 0.3) is 0 Å². The molecule has 0 saturated heterocycles. The minimum absolute atomic E-state index is 0.240. The molecule has 1 aromatic heterocycles. The number of aliphatic imine (C=N–C) groups is 1. The van der Waals surface area contributed by atoms with Gasteiger partial charge in [0.2, 0.25) is 0 Å². The Morgan fingerprint density at radius 3 is 2.72 bits per heavy atom. The minimum atomic E-state index is -0.475. The Morgan fingerprint density at radius 1 is 1.28 bits per heavy atom. The quantitative estimate of drug-likeness (QED) is 0.749. The van der Waals surface area contributed by atoms with Crippen LogP contribution in [0.15, 0.2) is 35.5 Å². The molecule has 25 heavy (non-hydrogen) atoms. The van der Waals surface area contributed by atoms with E-state index in [-0.39, 0.29) is 11.9 Å². The fourth-order valence-corrected chi connectivity index (χ4v) is 3.68. The van der Waals surface area contributed by atoms with E-state index in [9.17, 15) is 4.79 Å². The number of fused-ring (bicyclic) bond motifs is 1. The summed E-state index contributed by atoms with van der Waals surface area (Å²) in [5.41, 5.74) is 2.63. The summed E-state index contributed by atoms with van der Waals surface area (Å²) in [6.07, 6.45) is 3.54. The van der Waals surface area contributed by atoms with Crippen LogP contribution in [-0.2, 0) is 16.6 Å². The summed E-state index contributed by atoms with van der Waals surface area (Å²) in [7, 11) is 1.86. The van der Waals surface area contributed by atoms with Crippen molar-refractivity contribution in [1.29, 1.82) is 0 Å². The van der Waals surface area contributed by atoms with Crippen molar-refractivity contribution in [2.75, 3.05) is 6.61 Å². The smallest absolute Gasteiger partial charge is 0.315 e. The Balaban J connectivity index is 2.20. The number of ether oxygens (including phenoxy) is 1. The molecule has 0 bridgehead atoms. The molecular formula is C19H22ClN3O2. The van der Waals surface area contributed by atoms with Crippen molar-refractivity contribution in [1.82, 2.24) is 9.78 Å². The highest BCUT2D eigenvalue weighted by Gasteiger charge is 2.41. The summed E-state index contributed by atoms with van der Waals surface area (Å²) in [5, 5.41) is 5.10. The highest BCUT2D eigenvalue weighted by molar-refractivity contribution is 6.31. The molecule has 0 spiro atoms. The summed E-state index contributed by atoms with van der Waals surface area (Å²) < 4.78 is 7.11. The maximum Gasteiger partial charge on any atom is 0.315 e. The van der Waals surface area contributed by atoms with Crippen LogP contribution in [-0.4, -0.2) is 28.1 Å². The molecule has 0 fully saturated rings. The molecule has 0 N–H and O–H groups in total. The van der Waals surface area contributed by atoms with Crippen LogP contribution >= 0.6 is 11.6 Å². The van der Waals surface area contributed by atoms with Crippen molar-refractivity contribution in [2.24, 2.45) is 18.0 Å². The topological polar surface area (TPSA) is 56.5 Å². The van der Waals surface area contributed by atoms with E-state index in [0.717, 1.165) is 29.7 Å². The summed E-state index contributed by atoms with van der Waals surface area (Å²) in [6.45, 7) is 4.23. The second kappa shape index (κ2) is 7.40. The van der Waals surface area contributed by atoms with Gasteiger partial charge in [0.1, 0.15) is 5.92 Å². The SMILES string of the molecule is CCCC1=Nc2nn(C)cc2C(c2ccccc2Cl)C1C(=O)OCC. The van der Waals surface area contributed by atoms with Gasteiger partial charge in [-0.15, -0.1) is 0 Å². The zero-order chi connectivity index (χ0) is 18.0. The molecule has 0 radical (unpaired) electrons. The Hall–Kier alpha value is -2.14. The molecule has 1 aromatic carbocycles. The van der Waals surface area contributed by atoms with Crippen LogP contribution in [0.3, 0.4) is 0 Å². The first-order valence-corrected chi connectivity index (χ1v) is 8.96. The van der Waals surface area contributed by atoms with E-state index in [2.05, 4.69) is 17.0 Å². The zero-order valence-corrected chi connectivity index (χ0v) is 15.5. The Labute approximate surface area is 152 Å². The molecule has 2 atom stereocenters. The molecule has 6 heteroatoms. The van der Waals surface area contributed by atoms with Crippen LogP contribution in [0.1, 0.15) is 43.7 Å². The van der Waals surface area contributed by atoms with Gasteiger partial charge in [0.25, 0.3) is 0 Å². The first kappa shape index (κ1) is 17.7. The highest BCUT2D eigenvalue weighted by atomic mass is 35.5. The van der Waals surface area contributed by atoms with E-state index in [4.69, 9.17) is 16.3 Å². The number of aromatic nitrogens is 2. The standard InChI is InChI=1S/C19H22ClN3O2/c1-4-8-15-17(19(24)25-5-2)16(12-9-6-7-10-14(12)20)13-11-23(3)22-18(13)21-15/h6-7,9-11,16-17H,4-5,8H2,1-3H3. The third-order valence-electron chi connectivity index (χ3n) is 4.40. The summed E-state index contributed by atoms with van der Waals surface area (Å²) in [5.74, 6) is -0.308. The third-order valence-corrected chi connectivity index (χ3v) is 4.74. The van der Waals surface area contributed by atoms with Crippen molar-refractivity contribution in [3.63, 3.8) is 0 Å². The van der Waals surface area contributed by atoms with E-state index in [1.165, 1.54) is 0 Å². The average Bonchev–Trinajstić information content (AvgIpc) is 2.94. The van der Waals surface area contributed by atoms with Gasteiger partial charge in [-0.3, -0.25) is 9.48 Å². The lowest BCUT2D eigenvalue weighted by Gasteiger charge is -2.30. The predicted molar refractivity (Wildman–Crippen MR) is 98.6 cm³/mol. The Morgan fingerprint density at radius 2 is 2.04 bits per heavy atom. The summed E-state index contributed by atoms with van der Waals surface area (Å²) >= 11 is 6.48. The van der Waals surface area contributed by atoms with Crippen LogP contribution < -0.4 is 0 Å². The van der Waals surface area contributed by atoms with Gasteiger partial charge in [0.15, 0.2) is 5.82 Å². The fourth-order valence-electron chi connectivity index (χ4n) is 3.42. The molecule has 2 heterocycles. The van der Waals surface area contributed by atoms with Gasteiger partial charge in [0.05, 0.1) is 6.61 Å². The molecule has 1 aliphatic heterocycles. The largest absolute Gasteiger partial charge is 0.465 e. The maximum absolute atomic E-state index is 12.8. The van der Waals surface area contributed by atoms with Crippen molar-refractivity contribution < 1.29 is 9.53 Å². The third kappa shape index (κ3) is 3.33. The first-order chi connectivity index (χ1) is 12.1. The van der Waals surface area contributed by atoms with Gasteiger partial charge >= 0.3 is 5.97 Å². The molecule has 2 aromatic rings. The van der Waals surface area contributed by atoms with Crippen LogP contribution in [0.4, 0.5) is 5.82 Å². The Bertz CT molecular complexity index is 813. The van der Waals surface area contributed by atoms with Crippen LogP contribution in [0.5, 0.6) is 0 Å². The van der Waals surface area contributed by atoms with Crippen molar-refractivity contribution >= 4 is 29.1 Å². The monoisotopic (exact) mass is 359 g/mol. The van der Waals surface area contributed by atoms with Crippen LogP contribution in [0.2, 0.25) is 5.02 Å². The predicted octanol–water partition coefficient (Wildman–Crippen LogP) is 4.27. The molecule has 0 amide bonds. The molecule has 5 nitrogen and oxygen atoms in total. The van der Waals surface area contributed by atoms with Gasteiger partial charge in [-0.25, -0.2) is 4.99 Å². The van der Waals surface area contributed by atoms with Gasteiger partial charge in [0, 0.05) is 35.5 Å². The van der Waals surface area contributed by atoms with Crippen LogP contribution in [0, 0.1) is 5.92 Å². The molecule has 132 valence electrons. The number of rotatable bonds is 5. The average molecular weight is 360 g/mol. The number of benzene rings is 1. The van der Waals surface area contributed by atoms with Crippen molar-refractivity contribution in [3.8, 4) is 0 Å². The van der Waals surface area contributed by atoms with Crippen molar-refractivity contribution in [3.05, 3.63) is 46.6 Å². The zero-order valence-electron chi connectivity index (χ0n) is 14.7. The van der Waals surface area contributed by atoms with Gasteiger partial charge < -0.3 is 4.74 Å². The van der Waals surface area contributed by atoms with E-state index in [0.29, 0.717) is 17.4 Å². The van der Waals surface area contributed by atoms with Gasteiger partial charge in [-0.1, -0.05) is 43.1 Å². The minimum Gasteiger partial charge on any atom is -0.465 e. The molecule has 0 saturated carbocycles. The summed E-state index contributed by atoms with van der Waals surface area (Å²) in [6, 6.07) is 7.63. The highest BCUT2D eigenvalue weighted by Crippen LogP contribution is 2.44. The first-order valence-electron chi connectivity index (χ1n) is 8.58. The lowest BCUT2D eigenvalue weighted by atomic mass is 9.76. The summed E-state index contributed by atoms with van der Waals surface area (Å²) in [4.78, 5) is 17.5. The second-order valence-corrected chi connectivity index (χ2v) is 6.57. The second-order valence-electron chi connectivity index (χ2n) is 6.16. The van der Waals surface area contributed by atoms with E-state index < -0.39 is 5.92 Å². The Kier molecular flexibility index (Phi) is 5.23. The van der Waals surface area contributed by atoms with E-state index in [1.807, 2.05) is 44.4 Å². The maximum atomic E-state index is 12.8. The number of aryl methyl sites for hydroxylation is 1. The molecule has 1 aliphatic rings. The molecular weight excluding hydrogens is 338 g/mol. The van der Waals surface area contributed by atoms with Crippen molar-refractivity contribution in [2.45, 2.75) is 32.6 Å². The number of hydrogen-bond acceptors (Lipinski definition) is 4. The number of halogens is 1. The number of nitrogens with zero attached hydrogens (tertiary/aromatic N) is 3. The van der Waals surface area contributed by atoms with Gasteiger partial charge in [-0.2, -0.15) is 5.10 Å². The lowest BCUT2D eigenvalue weighted by molar-refractivity contribution is -0.146. The molecule has 3 rings (SSSR count). The van der Waals surface area contributed by atoms with E-state index in [1.54, 1.807) is 4.68 Å². The fraction of sp³-hybridized carbons (Fsp3) is 0.421.